The van der Waals surface area contributed by atoms with E-state index in [1.165, 1.54) is 22.2 Å². The second-order valence-corrected chi connectivity index (χ2v) is 9.12. The smallest absolute Gasteiger partial charge is 0.184 e. The van der Waals surface area contributed by atoms with Crippen LogP contribution in [0.1, 0.15) is 12.0 Å². The molecule has 5 heteroatoms. The molecule has 0 bridgehead atoms. The molecule has 0 spiro atoms. The standard InChI is InChI=1S/C14H14O2S3/c1-10-3-2-4-11(9-10)18-13-5-7-17-14-12(13)6-8-19(14,15)16/h2-5,7,9,13H,6,8H2,1H3. The SMILES string of the molecule is Cc1cccc(SC2C=CSC3=C2CCS3(=O)=O)c1. The molecule has 0 radical (unpaired) electrons. The highest BCUT2D eigenvalue weighted by molar-refractivity contribution is 8.20. The van der Waals surface area contributed by atoms with Crippen LogP contribution in [0.15, 0.2) is 50.5 Å². The summed E-state index contributed by atoms with van der Waals surface area (Å²) in [5, 5.41) is 2.07. The van der Waals surface area contributed by atoms with Crippen LogP contribution in [0.2, 0.25) is 0 Å². The Balaban J connectivity index is 1.90. The van der Waals surface area contributed by atoms with Crippen LogP contribution in [-0.2, 0) is 9.84 Å². The first-order valence-corrected chi connectivity index (χ1v) is 9.50. The third-order valence-corrected chi connectivity index (χ3v) is 7.82. The lowest BCUT2D eigenvalue weighted by Gasteiger charge is -2.18. The summed E-state index contributed by atoms with van der Waals surface area (Å²) in [5.74, 6) is 0.275. The van der Waals surface area contributed by atoms with Gasteiger partial charge in [0.05, 0.1) is 11.0 Å². The van der Waals surface area contributed by atoms with Gasteiger partial charge in [0.2, 0.25) is 0 Å². The zero-order valence-electron chi connectivity index (χ0n) is 10.5. The monoisotopic (exact) mass is 310 g/mol. The van der Waals surface area contributed by atoms with E-state index in [1.807, 2.05) is 11.5 Å². The molecule has 100 valence electrons. The Morgan fingerprint density at radius 2 is 2.21 bits per heavy atom. The van der Waals surface area contributed by atoms with Crippen LogP contribution < -0.4 is 0 Å². The average Bonchev–Trinajstić information content (AvgIpc) is 2.67. The van der Waals surface area contributed by atoms with Crippen LogP contribution in [0.3, 0.4) is 0 Å². The lowest BCUT2D eigenvalue weighted by Crippen LogP contribution is -2.06. The van der Waals surface area contributed by atoms with E-state index in [0.29, 0.717) is 10.7 Å². The summed E-state index contributed by atoms with van der Waals surface area (Å²) in [6.45, 7) is 2.07. The summed E-state index contributed by atoms with van der Waals surface area (Å²) in [7, 11) is -3.00. The average molecular weight is 310 g/mol. The largest absolute Gasteiger partial charge is 0.223 e. The minimum absolute atomic E-state index is 0.162. The number of thioether (sulfide) groups is 2. The van der Waals surface area contributed by atoms with E-state index >= 15 is 0 Å². The summed E-state index contributed by atoms with van der Waals surface area (Å²) in [6.07, 6.45) is 2.79. The Bertz CT molecular complexity index is 672. The van der Waals surface area contributed by atoms with Crippen molar-refractivity contribution in [2.24, 2.45) is 0 Å². The normalized spacial score (nSPS) is 24.6. The number of benzene rings is 1. The summed E-state index contributed by atoms with van der Waals surface area (Å²) < 4.78 is 24.4. The minimum atomic E-state index is -3.00. The molecule has 3 rings (SSSR count). The summed E-state index contributed by atoms with van der Waals surface area (Å²) in [6, 6.07) is 8.34. The molecule has 0 saturated heterocycles. The molecule has 0 aromatic heterocycles. The van der Waals surface area contributed by atoms with Crippen LogP contribution in [-0.4, -0.2) is 19.4 Å². The Morgan fingerprint density at radius 1 is 1.37 bits per heavy atom. The van der Waals surface area contributed by atoms with Gasteiger partial charge in [-0.25, -0.2) is 8.42 Å². The van der Waals surface area contributed by atoms with Crippen molar-refractivity contribution in [1.29, 1.82) is 0 Å². The van der Waals surface area contributed by atoms with Crippen LogP contribution in [0.4, 0.5) is 0 Å². The molecule has 1 atom stereocenters. The molecular formula is C14H14O2S3. The quantitative estimate of drug-likeness (QED) is 0.833. The van der Waals surface area contributed by atoms with Gasteiger partial charge in [0, 0.05) is 4.90 Å². The summed E-state index contributed by atoms with van der Waals surface area (Å²) >= 11 is 3.09. The van der Waals surface area contributed by atoms with Crippen molar-refractivity contribution in [2.45, 2.75) is 23.5 Å². The molecule has 0 saturated carbocycles. The van der Waals surface area contributed by atoms with Crippen molar-refractivity contribution in [2.75, 3.05) is 5.75 Å². The summed E-state index contributed by atoms with van der Waals surface area (Å²) in [4.78, 5) is 1.19. The number of hydrogen-bond acceptors (Lipinski definition) is 4. The Labute approximate surface area is 122 Å². The van der Waals surface area contributed by atoms with Gasteiger partial charge in [-0.15, -0.1) is 11.8 Å². The Morgan fingerprint density at radius 3 is 3.00 bits per heavy atom. The van der Waals surface area contributed by atoms with Gasteiger partial charge < -0.3 is 0 Å². The van der Waals surface area contributed by atoms with E-state index in [1.54, 1.807) is 11.8 Å². The van der Waals surface area contributed by atoms with Gasteiger partial charge in [-0.3, -0.25) is 0 Å². The van der Waals surface area contributed by atoms with Crippen molar-refractivity contribution in [3.63, 3.8) is 0 Å². The third kappa shape index (κ3) is 2.64. The van der Waals surface area contributed by atoms with Crippen molar-refractivity contribution in [3.8, 4) is 0 Å². The summed E-state index contributed by atoms with van der Waals surface area (Å²) in [5.41, 5.74) is 2.31. The van der Waals surface area contributed by atoms with E-state index in [-0.39, 0.29) is 11.0 Å². The van der Waals surface area contributed by atoms with Crippen LogP contribution >= 0.6 is 23.5 Å². The maximum Gasteiger partial charge on any atom is 0.184 e. The zero-order valence-corrected chi connectivity index (χ0v) is 12.9. The van der Waals surface area contributed by atoms with Crippen molar-refractivity contribution in [1.82, 2.24) is 0 Å². The lowest BCUT2D eigenvalue weighted by molar-refractivity contribution is 0.606. The van der Waals surface area contributed by atoms with Crippen molar-refractivity contribution < 1.29 is 8.42 Å². The number of aryl methyl sites for hydroxylation is 1. The van der Waals surface area contributed by atoms with E-state index < -0.39 is 9.84 Å². The van der Waals surface area contributed by atoms with Crippen LogP contribution in [0.25, 0.3) is 0 Å². The van der Waals surface area contributed by atoms with Gasteiger partial charge in [0.25, 0.3) is 0 Å². The lowest BCUT2D eigenvalue weighted by atomic mass is 10.1. The highest BCUT2D eigenvalue weighted by Gasteiger charge is 2.34. The number of sulfone groups is 1. The Kier molecular flexibility index (Phi) is 3.53. The third-order valence-electron chi connectivity index (χ3n) is 3.21. The topological polar surface area (TPSA) is 34.1 Å². The first-order valence-electron chi connectivity index (χ1n) is 6.09. The van der Waals surface area contributed by atoms with Gasteiger partial charge in [0.15, 0.2) is 9.84 Å². The number of rotatable bonds is 2. The van der Waals surface area contributed by atoms with Gasteiger partial charge >= 0.3 is 0 Å². The molecule has 0 amide bonds. The second-order valence-electron chi connectivity index (χ2n) is 4.68. The molecule has 1 aromatic rings. The van der Waals surface area contributed by atoms with E-state index in [9.17, 15) is 8.42 Å². The molecule has 0 N–H and O–H groups in total. The van der Waals surface area contributed by atoms with Crippen LogP contribution in [0, 0.1) is 6.92 Å². The fraction of sp³-hybridized carbons (Fsp3) is 0.286. The zero-order chi connectivity index (χ0) is 13.5. The van der Waals surface area contributed by atoms with Crippen LogP contribution in [0.5, 0.6) is 0 Å². The van der Waals surface area contributed by atoms with Crippen molar-refractivity contribution in [3.05, 3.63) is 51.1 Å². The maximum absolute atomic E-state index is 11.9. The van der Waals surface area contributed by atoms with Gasteiger partial charge in [-0.1, -0.05) is 35.5 Å². The molecule has 0 fully saturated rings. The second kappa shape index (κ2) is 5.04. The molecule has 2 heterocycles. The number of hydrogen-bond donors (Lipinski definition) is 0. The van der Waals surface area contributed by atoms with E-state index in [4.69, 9.17) is 0 Å². The first kappa shape index (κ1) is 13.3. The van der Waals surface area contributed by atoms with E-state index in [0.717, 1.165) is 5.57 Å². The highest BCUT2D eigenvalue weighted by atomic mass is 32.3. The predicted molar refractivity (Wildman–Crippen MR) is 83.0 cm³/mol. The highest BCUT2D eigenvalue weighted by Crippen LogP contribution is 2.45. The predicted octanol–water partition coefficient (Wildman–Crippen LogP) is 3.75. The molecule has 19 heavy (non-hydrogen) atoms. The molecule has 0 aliphatic carbocycles. The van der Waals surface area contributed by atoms with Crippen molar-refractivity contribution >= 4 is 33.4 Å². The van der Waals surface area contributed by atoms with E-state index in [2.05, 4.69) is 31.2 Å². The molecule has 2 aliphatic heterocycles. The first-order chi connectivity index (χ1) is 9.06. The minimum Gasteiger partial charge on any atom is -0.223 e. The molecule has 2 nitrogen and oxygen atoms in total. The van der Waals surface area contributed by atoms with Gasteiger partial charge in [-0.05, 0) is 36.5 Å². The Hall–Kier alpha value is -0.650. The van der Waals surface area contributed by atoms with Gasteiger partial charge in [-0.2, -0.15) is 0 Å². The molecule has 2 aliphatic rings. The fourth-order valence-corrected chi connectivity index (χ4v) is 6.81. The van der Waals surface area contributed by atoms with Gasteiger partial charge in [0.1, 0.15) is 4.24 Å². The maximum atomic E-state index is 11.9. The molecular weight excluding hydrogens is 296 g/mol. The fourth-order valence-electron chi connectivity index (χ4n) is 2.28. The molecule has 1 aromatic carbocycles. The molecule has 1 unspecified atom stereocenters.